The van der Waals surface area contributed by atoms with Gasteiger partial charge in [0.1, 0.15) is 5.82 Å². The summed E-state index contributed by atoms with van der Waals surface area (Å²) in [7, 11) is 0. The standard InChI is InChI=1S/C15H22FN3/c1-4-18-12(3)15-13(16)8-6-9-14(15)19(5-2)11-7-10-17/h6,8-9,12,18H,4-5,7,11H2,1-3H3. The van der Waals surface area contributed by atoms with Gasteiger partial charge in [-0.25, -0.2) is 4.39 Å². The fourth-order valence-electron chi connectivity index (χ4n) is 2.27. The maximum atomic E-state index is 14.1. The molecule has 0 saturated heterocycles. The Bertz CT molecular complexity index is 440. The summed E-state index contributed by atoms with van der Waals surface area (Å²) >= 11 is 0. The number of anilines is 1. The number of rotatable bonds is 7. The molecule has 0 saturated carbocycles. The van der Waals surface area contributed by atoms with Crippen LogP contribution >= 0.6 is 0 Å². The van der Waals surface area contributed by atoms with E-state index in [0.717, 1.165) is 18.8 Å². The number of nitrogens with zero attached hydrogens (tertiary/aromatic N) is 2. The van der Waals surface area contributed by atoms with E-state index < -0.39 is 0 Å². The Hall–Kier alpha value is -1.60. The van der Waals surface area contributed by atoms with Crippen molar-refractivity contribution in [2.75, 3.05) is 24.5 Å². The molecule has 0 bridgehead atoms. The van der Waals surface area contributed by atoms with Crippen LogP contribution in [0.2, 0.25) is 0 Å². The minimum Gasteiger partial charge on any atom is -0.370 e. The SMILES string of the molecule is CCNC(C)c1c(F)cccc1N(CC)CCC#N. The van der Waals surface area contributed by atoms with E-state index in [0.29, 0.717) is 18.5 Å². The number of nitriles is 1. The quantitative estimate of drug-likeness (QED) is 0.821. The van der Waals surface area contributed by atoms with Crippen LogP contribution in [0.15, 0.2) is 18.2 Å². The van der Waals surface area contributed by atoms with Crippen molar-refractivity contribution < 1.29 is 4.39 Å². The maximum absolute atomic E-state index is 14.1. The zero-order chi connectivity index (χ0) is 14.3. The highest BCUT2D eigenvalue weighted by Crippen LogP contribution is 2.29. The monoisotopic (exact) mass is 263 g/mol. The van der Waals surface area contributed by atoms with Gasteiger partial charge in [0.05, 0.1) is 12.5 Å². The normalized spacial score (nSPS) is 11.9. The van der Waals surface area contributed by atoms with E-state index in [1.54, 1.807) is 6.07 Å². The maximum Gasteiger partial charge on any atom is 0.130 e. The van der Waals surface area contributed by atoms with E-state index in [1.165, 1.54) is 6.07 Å². The molecule has 0 aliphatic carbocycles. The second-order valence-corrected chi connectivity index (χ2v) is 4.44. The zero-order valence-electron chi connectivity index (χ0n) is 11.9. The highest BCUT2D eigenvalue weighted by Gasteiger charge is 2.18. The second-order valence-electron chi connectivity index (χ2n) is 4.44. The topological polar surface area (TPSA) is 39.1 Å². The van der Waals surface area contributed by atoms with Gasteiger partial charge in [-0.2, -0.15) is 5.26 Å². The molecule has 19 heavy (non-hydrogen) atoms. The predicted molar refractivity (Wildman–Crippen MR) is 76.6 cm³/mol. The molecule has 4 heteroatoms. The van der Waals surface area contributed by atoms with Gasteiger partial charge in [-0.05, 0) is 32.5 Å². The molecule has 0 radical (unpaired) electrons. The molecule has 1 N–H and O–H groups in total. The first kappa shape index (κ1) is 15.5. The van der Waals surface area contributed by atoms with Gasteiger partial charge in [0, 0.05) is 30.4 Å². The minimum atomic E-state index is -0.193. The van der Waals surface area contributed by atoms with Gasteiger partial charge in [-0.1, -0.05) is 13.0 Å². The summed E-state index contributed by atoms with van der Waals surface area (Å²) in [6, 6.07) is 7.23. The first-order chi connectivity index (χ1) is 9.15. The Labute approximate surface area is 115 Å². The molecular weight excluding hydrogens is 241 g/mol. The van der Waals surface area contributed by atoms with E-state index >= 15 is 0 Å². The molecule has 0 spiro atoms. The van der Waals surface area contributed by atoms with E-state index in [4.69, 9.17) is 5.26 Å². The van der Waals surface area contributed by atoms with Crippen molar-refractivity contribution in [2.24, 2.45) is 0 Å². The van der Waals surface area contributed by atoms with E-state index in [1.807, 2.05) is 26.8 Å². The Morgan fingerprint density at radius 1 is 1.42 bits per heavy atom. The van der Waals surface area contributed by atoms with Crippen LogP contribution in [-0.4, -0.2) is 19.6 Å². The summed E-state index contributed by atoms with van der Waals surface area (Å²) in [5.74, 6) is -0.193. The van der Waals surface area contributed by atoms with Gasteiger partial charge >= 0.3 is 0 Å². The molecule has 1 unspecified atom stereocenters. The van der Waals surface area contributed by atoms with Gasteiger partial charge in [0.25, 0.3) is 0 Å². The Morgan fingerprint density at radius 2 is 2.16 bits per heavy atom. The molecule has 0 aliphatic rings. The second kappa shape index (κ2) is 7.75. The van der Waals surface area contributed by atoms with Crippen molar-refractivity contribution in [3.63, 3.8) is 0 Å². The molecule has 0 aromatic heterocycles. The smallest absolute Gasteiger partial charge is 0.130 e. The molecular formula is C15H22FN3. The first-order valence-corrected chi connectivity index (χ1v) is 6.79. The molecule has 0 fully saturated rings. The van der Waals surface area contributed by atoms with Gasteiger partial charge in [0.15, 0.2) is 0 Å². The Balaban J connectivity index is 3.11. The minimum absolute atomic E-state index is 0.0441. The molecule has 3 nitrogen and oxygen atoms in total. The van der Waals surface area contributed by atoms with Gasteiger partial charge in [0.2, 0.25) is 0 Å². The predicted octanol–water partition coefficient (Wildman–Crippen LogP) is 3.24. The van der Waals surface area contributed by atoms with Crippen LogP contribution in [-0.2, 0) is 0 Å². The summed E-state index contributed by atoms with van der Waals surface area (Å²) < 4.78 is 14.1. The van der Waals surface area contributed by atoms with Gasteiger partial charge in [-0.3, -0.25) is 0 Å². The summed E-state index contributed by atoms with van der Waals surface area (Å²) in [6.45, 7) is 8.16. The van der Waals surface area contributed by atoms with Crippen molar-refractivity contribution in [1.82, 2.24) is 5.32 Å². The van der Waals surface area contributed by atoms with Crippen LogP contribution in [0.25, 0.3) is 0 Å². The summed E-state index contributed by atoms with van der Waals surface area (Å²) in [5.41, 5.74) is 1.57. The molecule has 1 aromatic rings. The number of nitrogens with one attached hydrogen (secondary N) is 1. The van der Waals surface area contributed by atoms with E-state index in [2.05, 4.69) is 16.3 Å². The van der Waals surface area contributed by atoms with Crippen molar-refractivity contribution >= 4 is 5.69 Å². The molecule has 0 heterocycles. The number of halogens is 1. The summed E-state index contributed by atoms with van der Waals surface area (Å²) in [6.07, 6.45) is 0.444. The molecule has 1 aromatic carbocycles. The van der Waals surface area contributed by atoms with Crippen LogP contribution in [0.5, 0.6) is 0 Å². The Kier molecular flexibility index (Phi) is 6.31. The number of hydrogen-bond donors (Lipinski definition) is 1. The number of hydrogen-bond acceptors (Lipinski definition) is 3. The third-order valence-electron chi connectivity index (χ3n) is 3.19. The van der Waals surface area contributed by atoms with Crippen LogP contribution in [0, 0.1) is 17.1 Å². The number of benzene rings is 1. The molecule has 1 rings (SSSR count). The average Bonchev–Trinajstić information content (AvgIpc) is 2.40. The van der Waals surface area contributed by atoms with Crippen molar-refractivity contribution in [3.8, 4) is 6.07 Å². The van der Waals surface area contributed by atoms with Crippen LogP contribution in [0.1, 0.15) is 38.8 Å². The first-order valence-electron chi connectivity index (χ1n) is 6.79. The third kappa shape index (κ3) is 3.93. The van der Waals surface area contributed by atoms with Gasteiger partial charge in [-0.15, -0.1) is 0 Å². The fourth-order valence-corrected chi connectivity index (χ4v) is 2.27. The lowest BCUT2D eigenvalue weighted by atomic mass is 10.0. The van der Waals surface area contributed by atoms with Crippen molar-refractivity contribution in [2.45, 2.75) is 33.2 Å². The lowest BCUT2D eigenvalue weighted by Crippen LogP contribution is -2.28. The van der Waals surface area contributed by atoms with Crippen LogP contribution in [0.4, 0.5) is 10.1 Å². The molecule has 0 amide bonds. The van der Waals surface area contributed by atoms with Crippen LogP contribution < -0.4 is 10.2 Å². The fraction of sp³-hybridized carbons (Fsp3) is 0.533. The van der Waals surface area contributed by atoms with Crippen LogP contribution in [0.3, 0.4) is 0 Å². The summed E-state index contributed by atoms with van der Waals surface area (Å²) in [4.78, 5) is 2.05. The molecule has 1 atom stereocenters. The van der Waals surface area contributed by atoms with Crippen molar-refractivity contribution in [1.29, 1.82) is 5.26 Å². The van der Waals surface area contributed by atoms with E-state index in [-0.39, 0.29) is 11.9 Å². The third-order valence-corrected chi connectivity index (χ3v) is 3.19. The average molecular weight is 263 g/mol. The molecule has 104 valence electrons. The Morgan fingerprint density at radius 3 is 2.74 bits per heavy atom. The van der Waals surface area contributed by atoms with Crippen molar-refractivity contribution in [3.05, 3.63) is 29.6 Å². The lowest BCUT2D eigenvalue weighted by Gasteiger charge is -2.27. The zero-order valence-corrected chi connectivity index (χ0v) is 11.9. The lowest BCUT2D eigenvalue weighted by molar-refractivity contribution is 0.539. The highest BCUT2D eigenvalue weighted by molar-refractivity contribution is 5.55. The van der Waals surface area contributed by atoms with Gasteiger partial charge < -0.3 is 10.2 Å². The highest BCUT2D eigenvalue weighted by atomic mass is 19.1. The van der Waals surface area contributed by atoms with E-state index in [9.17, 15) is 4.39 Å². The summed E-state index contributed by atoms with van der Waals surface area (Å²) in [5, 5.41) is 12.0. The molecule has 0 aliphatic heterocycles. The largest absolute Gasteiger partial charge is 0.370 e.